The summed E-state index contributed by atoms with van der Waals surface area (Å²) in [5.74, 6) is 1.56. The minimum absolute atomic E-state index is 0.278. The summed E-state index contributed by atoms with van der Waals surface area (Å²) in [7, 11) is 0. The summed E-state index contributed by atoms with van der Waals surface area (Å²) in [4.78, 5) is 4.09. The molecule has 0 fully saturated rings. The highest BCUT2D eigenvalue weighted by Gasteiger charge is 2.17. The third-order valence-electron chi connectivity index (χ3n) is 4.43. The molecule has 0 unspecified atom stereocenters. The third-order valence-corrected chi connectivity index (χ3v) is 4.43. The molecule has 2 N–H and O–H groups in total. The van der Waals surface area contributed by atoms with Crippen LogP contribution in [0.25, 0.3) is 11.3 Å². The molecule has 0 saturated carbocycles. The summed E-state index contributed by atoms with van der Waals surface area (Å²) in [6, 6.07) is 10.3. The molecule has 3 heterocycles. The average Bonchev–Trinajstić information content (AvgIpc) is 3.31. The lowest BCUT2D eigenvalue weighted by atomic mass is 10.0. The summed E-state index contributed by atoms with van der Waals surface area (Å²) < 4.78 is 10.9. The lowest BCUT2D eigenvalue weighted by Gasteiger charge is -2.17. The van der Waals surface area contributed by atoms with Gasteiger partial charge in [0.1, 0.15) is 0 Å². The smallest absolute Gasteiger partial charge is 0.231 e. The van der Waals surface area contributed by atoms with Crippen molar-refractivity contribution in [3.63, 3.8) is 0 Å². The van der Waals surface area contributed by atoms with E-state index in [1.54, 1.807) is 0 Å². The fourth-order valence-electron chi connectivity index (χ4n) is 3.07. The quantitative estimate of drug-likeness (QED) is 0.721. The number of aromatic nitrogens is 3. The first-order valence-corrected chi connectivity index (χ1v) is 8.40. The van der Waals surface area contributed by atoms with Crippen LogP contribution in [-0.4, -0.2) is 22.0 Å². The minimum Gasteiger partial charge on any atom is -0.454 e. The number of H-pyrrole nitrogens is 1. The molecule has 0 radical (unpaired) electrons. The molecule has 0 amide bonds. The van der Waals surface area contributed by atoms with E-state index in [1.807, 2.05) is 36.8 Å². The second kappa shape index (κ2) is 6.94. The molecule has 128 valence electrons. The Morgan fingerprint density at radius 1 is 1.16 bits per heavy atom. The Kier molecular flexibility index (Phi) is 4.35. The molecular formula is C19H20N4O2. The molecule has 0 spiro atoms. The largest absolute Gasteiger partial charge is 0.454 e. The summed E-state index contributed by atoms with van der Waals surface area (Å²) in [5.41, 5.74) is 4.39. The predicted octanol–water partition coefficient (Wildman–Crippen LogP) is 3.44. The van der Waals surface area contributed by atoms with E-state index in [4.69, 9.17) is 9.47 Å². The number of pyridine rings is 1. The Morgan fingerprint density at radius 2 is 2.00 bits per heavy atom. The van der Waals surface area contributed by atoms with Gasteiger partial charge < -0.3 is 14.8 Å². The first kappa shape index (κ1) is 15.7. The van der Waals surface area contributed by atoms with E-state index in [9.17, 15) is 0 Å². The molecule has 1 aliphatic heterocycles. The highest BCUT2D eigenvalue weighted by molar-refractivity contribution is 5.66. The van der Waals surface area contributed by atoms with Crippen molar-refractivity contribution in [1.29, 1.82) is 0 Å². The topological polar surface area (TPSA) is 72.1 Å². The minimum atomic E-state index is 0.278. The number of hydrogen-bond acceptors (Lipinski definition) is 5. The lowest BCUT2D eigenvalue weighted by molar-refractivity contribution is 0.174. The highest BCUT2D eigenvalue weighted by Crippen LogP contribution is 2.36. The molecule has 0 aliphatic carbocycles. The number of hydrogen-bond donors (Lipinski definition) is 2. The van der Waals surface area contributed by atoms with Gasteiger partial charge in [-0.15, -0.1) is 0 Å². The Hall–Kier alpha value is -2.86. The fourth-order valence-corrected chi connectivity index (χ4v) is 3.07. The molecule has 2 aromatic heterocycles. The van der Waals surface area contributed by atoms with Gasteiger partial charge in [-0.25, -0.2) is 0 Å². The van der Waals surface area contributed by atoms with Crippen molar-refractivity contribution in [2.75, 3.05) is 6.79 Å². The van der Waals surface area contributed by atoms with Crippen LogP contribution in [0.15, 0.2) is 48.9 Å². The number of benzene rings is 1. The zero-order valence-electron chi connectivity index (χ0n) is 14.0. The Morgan fingerprint density at radius 3 is 2.84 bits per heavy atom. The Bertz CT molecular complexity index is 848. The molecule has 0 saturated heterocycles. The van der Waals surface area contributed by atoms with E-state index in [0.717, 1.165) is 41.3 Å². The van der Waals surface area contributed by atoms with Crippen molar-refractivity contribution in [3.8, 4) is 22.8 Å². The summed E-state index contributed by atoms with van der Waals surface area (Å²) >= 11 is 0. The molecule has 1 atom stereocenters. The number of ether oxygens (including phenoxy) is 2. The van der Waals surface area contributed by atoms with Crippen LogP contribution in [0.4, 0.5) is 0 Å². The maximum Gasteiger partial charge on any atom is 0.231 e. The molecule has 25 heavy (non-hydrogen) atoms. The van der Waals surface area contributed by atoms with Gasteiger partial charge in [-0.1, -0.05) is 6.92 Å². The normalized spacial score (nSPS) is 13.8. The van der Waals surface area contributed by atoms with E-state index < -0.39 is 0 Å². The Labute approximate surface area is 146 Å². The van der Waals surface area contributed by atoms with E-state index in [1.165, 1.54) is 5.56 Å². The monoisotopic (exact) mass is 336 g/mol. The number of rotatable bonds is 6. The van der Waals surface area contributed by atoms with Crippen LogP contribution >= 0.6 is 0 Å². The van der Waals surface area contributed by atoms with Crippen molar-refractivity contribution in [1.82, 2.24) is 20.5 Å². The van der Waals surface area contributed by atoms with Crippen LogP contribution in [-0.2, 0) is 6.54 Å². The van der Waals surface area contributed by atoms with Crippen molar-refractivity contribution >= 4 is 0 Å². The number of nitrogens with zero attached hydrogens (tertiary/aromatic N) is 2. The predicted molar refractivity (Wildman–Crippen MR) is 94.3 cm³/mol. The Balaban J connectivity index is 1.52. The van der Waals surface area contributed by atoms with Gasteiger partial charge in [-0.3, -0.25) is 10.1 Å². The highest BCUT2D eigenvalue weighted by atomic mass is 16.7. The van der Waals surface area contributed by atoms with Crippen molar-refractivity contribution < 1.29 is 9.47 Å². The van der Waals surface area contributed by atoms with Crippen LogP contribution in [0, 0.1) is 0 Å². The van der Waals surface area contributed by atoms with Gasteiger partial charge in [0.25, 0.3) is 0 Å². The first-order valence-electron chi connectivity index (χ1n) is 8.40. The molecule has 1 aliphatic rings. The summed E-state index contributed by atoms with van der Waals surface area (Å²) in [6.45, 7) is 3.17. The second-order valence-corrected chi connectivity index (χ2v) is 5.96. The van der Waals surface area contributed by atoms with Crippen molar-refractivity contribution in [2.24, 2.45) is 0 Å². The zero-order chi connectivity index (χ0) is 17.1. The van der Waals surface area contributed by atoms with Gasteiger partial charge in [0.2, 0.25) is 6.79 Å². The van der Waals surface area contributed by atoms with Gasteiger partial charge in [0.15, 0.2) is 11.5 Å². The van der Waals surface area contributed by atoms with Crippen LogP contribution in [0.3, 0.4) is 0 Å². The fraction of sp³-hybridized carbons (Fsp3) is 0.263. The lowest BCUT2D eigenvalue weighted by Crippen LogP contribution is -2.20. The van der Waals surface area contributed by atoms with Crippen LogP contribution in [0.5, 0.6) is 11.5 Å². The van der Waals surface area contributed by atoms with Gasteiger partial charge in [0, 0.05) is 36.1 Å². The maximum atomic E-state index is 5.47. The van der Waals surface area contributed by atoms with Gasteiger partial charge >= 0.3 is 0 Å². The molecule has 3 aromatic rings. The van der Waals surface area contributed by atoms with E-state index in [2.05, 4.69) is 39.6 Å². The molecular weight excluding hydrogens is 316 g/mol. The zero-order valence-corrected chi connectivity index (χ0v) is 14.0. The molecule has 0 bridgehead atoms. The summed E-state index contributed by atoms with van der Waals surface area (Å²) in [6.07, 6.45) is 6.53. The number of aromatic amines is 1. The van der Waals surface area contributed by atoms with Gasteiger partial charge in [-0.2, -0.15) is 5.10 Å². The molecule has 1 aromatic carbocycles. The van der Waals surface area contributed by atoms with Crippen LogP contribution < -0.4 is 14.8 Å². The van der Waals surface area contributed by atoms with Crippen molar-refractivity contribution in [2.45, 2.75) is 25.9 Å². The second-order valence-electron chi connectivity index (χ2n) is 5.96. The maximum absolute atomic E-state index is 5.47. The number of nitrogens with one attached hydrogen (secondary N) is 2. The average molecular weight is 336 g/mol. The van der Waals surface area contributed by atoms with Crippen LogP contribution in [0.2, 0.25) is 0 Å². The standard InChI is InChI=1S/C19H20N4O2/c1-2-16(13-5-7-20-8-6-13)21-10-15-11-22-23-19(15)14-3-4-17-18(9-14)25-12-24-17/h3-9,11,16,21H,2,10,12H2,1H3,(H,22,23)/t16-/m1/s1. The number of fused-ring (bicyclic) bond motifs is 1. The SMILES string of the molecule is CC[C@@H](NCc1cn[nH]c1-c1ccc2c(c1)OCO2)c1ccncc1. The third kappa shape index (κ3) is 3.21. The first-order chi connectivity index (χ1) is 12.3. The van der Waals surface area contributed by atoms with E-state index in [0.29, 0.717) is 0 Å². The van der Waals surface area contributed by atoms with E-state index >= 15 is 0 Å². The van der Waals surface area contributed by atoms with Crippen LogP contribution in [0.1, 0.15) is 30.5 Å². The van der Waals surface area contributed by atoms with E-state index in [-0.39, 0.29) is 12.8 Å². The molecule has 6 heteroatoms. The molecule has 4 rings (SSSR count). The van der Waals surface area contributed by atoms with Crippen molar-refractivity contribution in [3.05, 3.63) is 60.0 Å². The summed E-state index contributed by atoms with van der Waals surface area (Å²) in [5, 5.41) is 10.9. The molecule has 6 nitrogen and oxygen atoms in total. The van der Waals surface area contributed by atoms with Gasteiger partial charge in [-0.05, 0) is 42.3 Å². The van der Waals surface area contributed by atoms with Gasteiger partial charge in [0.05, 0.1) is 11.9 Å².